The molecule has 2 rings (SSSR count). The molecule has 24 heavy (non-hydrogen) atoms. The van der Waals surface area contributed by atoms with Crippen molar-refractivity contribution in [2.75, 3.05) is 0 Å². The Kier molecular flexibility index (Phi) is 5.81. The Morgan fingerprint density at radius 3 is 2.67 bits per heavy atom. The minimum atomic E-state index is -0.475. The van der Waals surface area contributed by atoms with Gasteiger partial charge in [-0.15, -0.1) is 0 Å². The monoisotopic (exact) mass is 389 g/mol. The topological polar surface area (TPSA) is 84.6 Å². The summed E-state index contributed by atoms with van der Waals surface area (Å²) in [5.41, 5.74) is 6.24. The number of aryl methyl sites for hydroxylation is 2. The summed E-state index contributed by atoms with van der Waals surface area (Å²) in [4.78, 5) is 22.2. The predicted octanol–water partition coefficient (Wildman–Crippen LogP) is 3.67. The molecule has 2 aromatic rings. The number of carbonyl (C=O) groups excluding carboxylic acids is 1. The molecule has 0 saturated carbocycles. The van der Waals surface area contributed by atoms with Gasteiger partial charge in [-0.2, -0.15) is 5.10 Å². The van der Waals surface area contributed by atoms with Crippen molar-refractivity contribution in [2.45, 2.75) is 20.3 Å². The molecule has 0 aliphatic heterocycles. The van der Waals surface area contributed by atoms with Gasteiger partial charge >= 0.3 is 0 Å². The van der Waals surface area contributed by atoms with Gasteiger partial charge in [0, 0.05) is 22.2 Å². The first-order chi connectivity index (χ1) is 11.4. The molecule has 1 N–H and O–H groups in total. The molecule has 0 atom stereocenters. The van der Waals surface area contributed by atoms with Gasteiger partial charge in [-0.25, -0.2) is 5.43 Å². The van der Waals surface area contributed by atoms with E-state index in [1.807, 2.05) is 32.0 Å². The Morgan fingerprint density at radius 1 is 1.29 bits per heavy atom. The lowest BCUT2D eigenvalue weighted by molar-refractivity contribution is -0.384. The van der Waals surface area contributed by atoms with Crippen LogP contribution in [-0.2, 0) is 11.2 Å². The summed E-state index contributed by atoms with van der Waals surface area (Å²) in [6, 6.07) is 10.2. The third-order valence-corrected chi connectivity index (χ3v) is 4.12. The fourth-order valence-corrected chi connectivity index (χ4v) is 2.63. The maximum atomic E-state index is 11.9. The van der Waals surface area contributed by atoms with Gasteiger partial charge < -0.3 is 0 Å². The van der Waals surface area contributed by atoms with E-state index in [-0.39, 0.29) is 18.0 Å². The van der Waals surface area contributed by atoms with Crippen molar-refractivity contribution >= 4 is 33.7 Å². The van der Waals surface area contributed by atoms with Gasteiger partial charge in [0.25, 0.3) is 5.69 Å². The molecule has 124 valence electrons. The molecule has 0 fully saturated rings. The Bertz CT molecular complexity index is 819. The summed E-state index contributed by atoms with van der Waals surface area (Å²) >= 11 is 3.24. The highest BCUT2D eigenvalue weighted by atomic mass is 79.9. The van der Waals surface area contributed by atoms with E-state index in [1.165, 1.54) is 18.3 Å². The second kappa shape index (κ2) is 7.83. The van der Waals surface area contributed by atoms with Crippen LogP contribution in [0.2, 0.25) is 0 Å². The number of hydrazone groups is 1. The maximum absolute atomic E-state index is 11.9. The highest BCUT2D eigenvalue weighted by molar-refractivity contribution is 9.10. The fourth-order valence-electron chi connectivity index (χ4n) is 2.16. The van der Waals surface area contributed by atoms with Gasteiger partial charge in [-0.1, -0.05) is 23.8 Å². The molecule has 0 bridgehead atoms. The zero-order chi connectivity index (χ0) is 17.7. The lowest BCUT2D eigenvalue weighted by Crippen LogP contribution is -2.20. The van der Waals surface area contributed by atoms with Crippen molar-refractivity contribution < 1.29 is 9.72 Å². The van der Waals surface area contributed by atoms with Gasteiger partial charge in [0.1, 0.15) is 0 Å². The van der Waals surface area contributed by atoms with Crippen LogP contribution in [0.3, 0.4) is 0 Å². The van der Waals surface area contributed by atoms with Crippen LogP contribution in [0.25, 0.3) is 0 Å². The number of rotatable bonds is 5. The lowest BCUT2D eigenvalue weighted by Gasteiger charge is -2.05. The van der Waals surface area contributed by atoms with Crippen molar-refractivity contribution in [3.8, 4) is 0 Å². The van der Waals surface area contributed by atoms with Gasteiger partial charge in [-0.3, -0.25) is 14.9 Å². The first kappa shape index (κ1) is 17.8. The number of halogens is 1. The quantitative estimate of drug-likeness (QED) is 0.480. The number of non-ortho nitro benzene ring substituents is 1. The standard InChI is InChI=1S/C17H16BrN3O3/c1-11-3-4-13(12(2)7-11)8-17(22)20-19-10-14-5-6-15(21(23)24)9-16(14)18/h3-7,9-10H,8H2,1-2H3,(H,20,22)/b19-10-. The van der Waals surface area contributed by atoms with Crippen molar-refractivity contribution in [2.24, 2.45) is 5.10 Å². The summed E-state index contributed by atoms with van der Waals surface area (Å²) in [7, 11) is 0. The first-order valence-corrected chi connectivity index (χ1v) is 7.98. The average molecular weight is 390 g/mol. The molecule has 2 aromatic carbocycles. The van der Waals surface area contributed by atoms with Gasteiger partial charge in [-0.05, 0) is 47.0 Å². The Hall–Kier alpha value is -2.54. The minimum absolute atomic E-state index is 0.0158. The largest absolute Gasteiger partial charge is 0.273 e. The Labute approximate surface area is 147 Å². The van der Waals surface area contributed by atoms with Crippen LogP contribution in [0.5, 0.6) is 0 Å². The number of carbonyl (C=O) groups is 1. The van der Waals surface area contributed by atoms with Crippen molar-refractivity contribution in [3.05, 3.63) is 73.2 Å². The van der Waals surface area contributed by atoms with Crippen LogP contribution in [-0.4, -0.2) is 17.0 Å². The minimum Gasteiger partial charge on any atom is -0.273 e. The summed E-state index contributed by atoms with van der Waals surface area (Å²) in [5, 5.41) is 14.6. The van der Waals surface area contributed by atoms with E-state index in [0.29, 0.717) is 10.0 Å². The molecule has 6 nitrogen and oxygen atoms in total. The van der Waals surface area contributed by atoms with Crippen LogP contribution < -0.4 is 5.43 Å². The Balaban J connectivity index is 1.98. The normalized spacial score (nSPS) is 10.8. The Morgan fingerprint density at radius 2 is 2.04 bits per heavy atom. The highest BCUT2D eigenvalue weighted by Crippen LogP contribution is 2.21. The maximum Gasteiger partial charge on any atom is 0.270 e. The van der Waals surface area contributed by atoms with E-state index in [0.717, 1.165) is 16.7 Å². The number of nitro benzene ring substituents is 1. The molecule has 0 aromatic heterocycles. The number of benzene rings is 2. The second-order valence-electron chi connectivity index (χ2n) is 5.36. The molecule has 7 heteroatoms. The van der Waals surface area contributed by atoms with Crippen LogP contribution in [0.4, 0.5) is 5.69 Å². The molecule has 0 radical (unpaired) electrons. The van der Waals surface area contributed by atoms with Gasteiger partial charge in [0.2, 0.25) is 5.91 Å². The number of hydrogen-bond donors (Lipinski definition) is 1. The first-order valence-electron chi connectivity index (χ1n) is 7.19. The van der Waals surface area contributed by atoms with E-state index in [9.17, 15) is 14.9 Å². The van der Waals surface area contributed by atoms with E-state index in [1.54, 1.807) is 6.07 Å². The zero-order valence-corrected chi connectivity index (χ0v) is 14.8. The molecule has 0 saturated heterocycles. The molecule has 1 amide bonds. The van der Waals surface area contributed by atoms with Crippen LogP contribution in [0.15, 0.2) is 46.0 Å². The molecular formula is C17H16BrN3O3. The van der Waals surface area contributed by atoms with Crippen LogP contribution in [0.1, 0.15) is 22.3 Å². The molecule has 0 aliphatic rings. The van der Waals surface area contributed by atoms with E-state index >= 15 is 0 Å². The summed E-state index contributed by atoms with van der Waals surface area (Å²) in [6.07, 6.45) is 1.68. The molecule has 0 aliphatic carbocycles. The molecule has 0 spiro atoms. The van der Waals surface area contributed by atoms with Gasteiger partial charge in [0.15, 0.2) is 0 Å². The lowest BCUT2D eigenvalue weighted by atomic mass is 10.0. The van der Waals surface area contributed by atoms with Crippen LogP contribution >= 0.6 is 15.9 Å². The van der Waals surface area contributed by atoms with Crippen LogP contribution in [0, 0.1) is 24.0 Å². The summed E-state index contributed by atoms with van der Waals surface area (Å²) < 4.78 is 0.532. The summed E-state index contributed by atoms with van der Waals surface area (Å²) in [5.74, 6) is -0.226. The number of hydrogen-bond acceptors (Lipinski definition) is 4. The number of nitrogens with one attached hydrogen (secondary N) is 1. The van der Waals surface area contributed by atoms with E-state index < -0.39 is 4.92 Å². The van der Waals surface area contributed by atoms with E-state index in [2.05, 4.69) is 26.5 Å². The predicted molar refractivity (Wildman–Crippen MR) is 96.2 cm³/mol. The van der Waals surface area contributed by atoms with Crippen molar-refractivity contribution in [1.82, 2.24) is 5.43 Å². The summed E-state index contributed by atoms with van der Waals surface area (Å²) in [6.45, 7) is 3.97. The number of nitrogens with zero attached hydrogens (tertiary/aromatic N) is 2. The van der Waals surface area contributed by atoms with Crippen molar-refractivity contribution in [1.29, 1.82) is 0 Å². The molecular weight excluding hydrogens is 374 g/mol. The third-order valence-electron chi connectivity index (χ3n) is 3.44. The second-order valence-corrected chi connectivity index (χ2v) is 6.22. The highest BCUT2D eigenvalue weighted by Gasteiger charge is 2.08. The van der Waals surface area contributed by atoms with E-state index in [4.69, 9.17) is 0 Å². The molecule has 0 heterocycles. The molecule has 0 unspecified atom stereocenters. The third kappa shape index (κ3) is 4.73. The van der Waals surface area contributed by atoms with Gasteiger partial charge in [0.05, 0.1) is 17.6 Å². The number of amides is 1. The smallest absolute Gasteiger partial charge is 0.270 e. The fraction of sp³-hybridized carbons (Fsp3) is 0.176. The number of nitro groups is 1. The zero-order valence-electron chi connectivity index (χ0n) is 13.2. The van der Waals surface area contributed by atoms with Crippen molar-refractivity contribution in [3.63, 3.8) is 0 Å². The average Bonchev–Trinajstić information content (AvgIpc) is 2.51. The SMILES string of the molecule is Cc1ccc(CC(=O)N/N=C\c2ccc([N+](=O)[O-])cc2Br)c(C)c1.